The summed E-state index contributed by atoms with van der Waals surface area (Å²) in [7, 11) is 0. The lowest BCUT2D eigenvalue weighted by molar-refractivity contribution is -0.129. The van der Waals surface area contributed by atoms with Crippen LogP contribution in [0.3, 0.4) is 0 Å². The molecular formula is C36H51N9O6S. The van der Waals surface area contributed by atoms with Crippen molar-refractivity contribution in [2.45, 2.75) is 113 Å². The highest BCUT2D eigenvalue weighted by Gasteiger charge is 2.48. The maximum atomic E-state index is 12.5. The number of amides is 6. The van der Waals surface area contributed by atoms with Gasteiger partial charge in [-0.25, -0.2) is 4.79 Å². The molecule has 4 aliphatic rings. The Kier molecular flexibility index (Phi) is 15.1. The van der Waals surface area contributed by atoms with Crippen LogP contribution in [-0.2, 0) is 30.3 Å². The minimum Gasteiger partial charge on any atom is -0.374 e. The largest absolute Gasteiger partial charge is 0.374 e. The number of fused-ring (bicyclic) bond motifs is 3. The van der Waals surface area contributed by atoms with E-state index in [0.717, 1.165) is 56.3 Å². The van der Waals surface area contributed by atoms with Crippen molar-refractivity contribution < 1.29 is 28.7 Å². The molecule has 6 N–H and O–H groups in total. The first kappa shape index (κ1) is 38.9. The van der Waals surface area contributed by atoms with Crippen molar-refractivity contribution in [2.75, 3.05) is 18.8 Å². The number of ether oxygens (including phenoxy) is 1. The quantitative estimate of drug-likeness (QED) is 0.0220. The average Bonchev–Trinajstić information content (AvgIpc) is 3.92. The van der Waals surface area contributed by atoms with Crippen LogP contribution in [0.2, 0.25) is 0 Å². The number of aryl methyl sites for hydroxylation is 1. The maximum Gasteiger partial charge on any atom is 0.315 e. The summed E-state index contributed by atoms with van der Waals surface area (Å²) >= 11 is 1.86. The van der Waals surface area contributed by atoms with Gasteiger partial charge in [-0.2, -0.15) is 11.8 Å². The number of hydrazine groups is 1. The van der Waals surface area contributed by atoms with Crippen molar-refractivity contribution >= 4 is 47.1 Å². The lowest BCUT2D eigenvalue weighted by atomic mass is 9.77. The predicted octanol–water partition coefficient (Wildman–Crippen LogP) is 3.97. The number of hydrogen-bond acceptors (Lipinski definition) is 8. The van der Waals surface area contributed by atoms with Gasteiger partial charge in [-0.3, -0.25) is 30.0 Å². The number of carbonyl (C=O) groups excluding carboxylic acids is 5. The van der Waals surface area contributed by atoms with Crippen molar-refractivity contribution in [3.8, 4) is 0 Å². The van der Waals surface area contributed by atoms with Gasteiger partial charge in [0.1, 0.15) is 0 Å². The van der Waals surface area contributed by atoms with Gasteiger partial charge in [0.05, 0.1) is 30.8 Å². The fraction of sp³-hybridized carbons (Fsp3) is 0.639. The molecule has 4 fully saturated rings. The number of nitrogens with zero attached hydrogens (tertiary/aromatic N) is 3. The van der Waals surface area contributed by atoms with Crippen LogP contribution in [0.1, 0.15) is 82.6 Å². The van der Waals surface area contributed by atoms with E-state index in [2.05, 4.69) is 54.3 Å². The third-order valence-corrected chi connectivity index (χ3v) is 11.8. The number of benzene rings is 1. The van der Waals surface area contributed by atoms with Gasteiger partial charge in [0, 0.05) is 53.3 Å². The first-order chi connectivity index (χ1) is 25.3. The van der Waals surface area contributed by atoms with E-state index in [4.69, 9.17) is 10.3 Å². The van der Waals surface area contributed by atoms with Crippen LogP contribution in [0.4, 0.5) is 10.5 Å². The smallest absolute Gasteiger partial charge is 0.315 e. The average molecular weight is 738 g/mol. The maximum absolute atomic E-state index is 12.5. The second-order valence-corrected chi connectivity index (χ2v) is 15.2. The van der Waals surface area contributed by atoms with Gasteiger partial charge in [0.25, 0.3) is 0 Å². The fourth-order valence-corrected chi connectivity index (χ4v) is 9.11. The molecule has 0 saturated carbocycles. The fourth-order valence-electron chi connectivity index (χ4n) is 7.57. The number of allylic oxidation sites excluding steroid dienone is 2. The van der Waals surface area contributed by atoms with E-state index in [0.29, 0.717) is 61.9 Å². The highest BCUT2D eigenvalue weighted by Crippen LogP contribution is 2.45. The number of nitrogens with one attached hydrogen (secondary N) is 6. The molecule has 282 valence electrons. The van der Waals surface area contributed by atoms with Crippen molar-refractivity contribution in [3.05, 3.63) is 52.4 Å². The van der Waals surface area contributed by atoms with E-state index in [-0.39, 0.29) is 66.4 Å². The molecule has 52 heavy (non-hydrogen) atoms. The lowest BCUT2D eigenvalue weighted by Gasteiger charge is -2.27. The summed E-state index contributed by atoms with van der Waals surface area (Å²) < 4.78 is 6.18. The van der Waals surface area contributed by atoms with E-state index in [1.165, 1.54) is 0 Å². The Morgan fingerprint density at radius 3 is 2.38 bits per heavy atom. The van der Waals surface area contributed by atoms with Crippen LogP contribution in [0.15, 0.2) is 41.5 Å². The van der Waals surface area contributed by atoms with E-state index < -0.39 is 0 Å². The van der Waals surface area contributed by atoms with Crippen LogP contribution in [0.25, 0.3) is 10.4 Å². The van der Waals surface area contributed by atoms with Gasteiger partial charge in [-0.15, -0.1) is 0 Å². The van der Waals surface area contributed by atoms with E-state index in [1.54, 1.807) is 12.1 Å². The molecule has 4 heterocycles. The molecule has 7 atom stereocenters. The van der Waals surface area contributed by atoms with Crippen LogP contribution in [-0.4, -0.2) is 78.0 Å². The Hall–Kier alpha value is -4.27. The minimum absolute atomic E-state index is 0.0648. The number of azide groups is 1. The Labute approximate surface area is 308 Å². The molecule has 0 aliphatic carbocycles. The van der Waals surface area contributed by atoms with Gasteiger partial charge in [-0.1, -0.05) is 48.0 Å². The number of carbonyl (C=O) groups is 5. The van der Waals surface area contributed by atoms with Crippen molar-refractivity contribution in [1.82, 2.24) is 32.1 Å². The molecule has 0 aromatic heterocycles. The summed E-state index contributed by atoms with van der Waals surface area (Å²) in [5, 5.41) is 15.5. The third kappa shape index (κ3) is 11.9. The first-order valence-corrected chi connectivity index (χ1v) is 19.6. The molecule has 0 radical (unpaired) electrons. The van der Waals surface area contributed by atoms with Crippen LogP contribution < -0.4 is 32.1 Å². The number of rotatable bonds is 20. The second kappa shape index (κ2) is 20.1. The standard InChI is InChI=1S/C36H51N9O6S/c37-45-42-24-16-14-23(15-17-24)8-7-13-31(46)39-21-34(49)38-20-26-25(28-18-19-29(26)51-28)9-3-1-2-4-11-32(47)43-44-33(48)12-6-5-10-30-35-27(22-52-30)40-36(50)41-35/h1,3,14-17,25-30,35H,2,4-13,18-22H2,(H,38,49)(H,39,46)(H,43,47)(H,44,48)(H2,40,41,50)/b3-1-/t25?,26?,27-,28?,29?,30-,35-/m1/s1. The molecule has 5 rings (SSSR count). The van der Waals surface area contributed by atoms with Crippen LogP contribution in [0, 0.1) is 11.8 Å². The van der Waals surface area contributed by atoms with Gasteiger partial charge in [-0.05, 0) is 74.8 Å². The highest BCUT2D eigenvalue weighted by atomic mass is 32.2. The molecule has 2 bridgehead atoms. The predicted molar refractivity (Wildman–Crippen MR) is 197 cm³/mol. The lowest BCUT2D eigenvalue weighted by Crippen LogP contribution is -2.42. The van der Waals surface area contributed by atoms with E-state index >= 15 is 0 Å². The van der Waals surface area contributed by atoms with Gasteiger partial charge < -0.3 is 26.0 Å². The molecule has 4 aliphatic heterocycles. The first-order valence-electron chi connectivity index (χ1n) is 18.5. The summed E-state index contributed by atoms with van der Waals surface area (Å²) in [5.74, 6) is 0.622. The third-order valence-electron chi connectivity index (χ3n) is 10.3. The SMILES string of the molecule is [N-]=[N+]=Nc1ccc(CCCC(=O)NCC(=O)NCC2C3CCC(O3)C2C/C=C\CCCC(=O)NNC(=O)CCCC[C@H]2SC[C@H]3NC(=O)N[C@H]32)cc1. The molecule has 4 unspecified atom stereocenters. The highest BCUT2D eigenvalue weighted by molar-refractivity contribution is 8.00. The minimum atomic E-state index is -0.219. The molecule has 0 spiro atoms. The van der Waals surface area contributed by atoms with E-state index in [1.807, 2.05) is 23.9 Å². The normalized spacial score (nSPS) is 25.5. The van der Waals surface area contributed by atoms with E-state index in [9.17, 15) is 24.0 Å². The van der Waals surface area contributed by atoms with Gasteiger partial charge >= 0.3 is 6.03 Å². The molecular weight excluding hydrogens is 687 g/mol. The topological polar surface area (TPSA) is 216 Å². The number of hydrogen-bond donors (Lipinski definition) is 6. The molecule has 1 aromatic carbocycles. The van der Waals surface area contributed by atoms with Gasteiger partial charge in [0.2, 0.25) is 23.6 Å². The molecule has 6 amide bonds. The Balaban J connectivity index is 0.877. The number of thioether (sulfide) groups is 1. The molecule has 1 aromatic rings. The van der Waals surface area contributed by atoms with Gasteiger partial charge in [0.15, 0.2) is 0 Å². The zero-order valence-corrected chi connectivity index (χ0v) is 30.3. The monoisotopic (exact) mass is 737 g/mol. The Morgan fingerprint density at radius 1 is 0.885 bits per heavy atom. The molecule has 15 nitrogen and oxygen atoms in total. The summed E-state index contributed by atoms with van der Waals surface area (Å²) in [5.41, 5.74) is 15.1. The summed E-state index contributed by atoms with van der Waals surface area (Å²) in [6.07, 6.45) is 13.6. The van der Waals surface area contributed by atoms with Crippen molar-refractivity contribution in [2.24, 2.45) is 17.0 Å². The summed E-state index contributed by atoms with van der Waals surface area (Å²) in [6.45, 7) is 0.439. The summed E-state index contributed by atoms with van der Waals surface area (Å²) in [6, 6.07) is 7.50. The summed E-state index contributed by atoms with van der Waals surface area (Å²) in [4.78, 5) is 63.5. The van der Waals surface area contributed by atoms with Crippen LogP contribution in [0.5, 0.6) is 0 Å². The Bertz CT molecular complexity index is 1490. The Morgan fingerprint density at radius 2 is 1.62 bits per heavy atom. The van der Waals surface area contributed by atoms with Crippen LogP contribution >= 0.6 is 11.8 Å². The number of urea groups is 1. The van der Waals surface area contributed by atoms with Crippen molar-refractivity contribution in [1.29, 1.82) is 0 Å². The van der Waals surface area contributed by atoms with Crippen molar-refractivity contribution in [3.63, 3.8) is 0 Å². The zero-order chi connectivity index (χ0) is 36.7. The number of unbranched alkanes of at least 4 members (excludes halogenated alkanes) is 2. The zero-order valence-electron chi connectivity index (χ0n) is 29.5. The molecule has 16 heteroatoms. The molecule has 4 saturated heterocycles. The second-order valence-electron chi connectivity index (χ2n) is 14.0.